The second kappa shape index (κ2) is 4.79. The van der Waals surface area contributed by atoms with Gasteiger partial charge in [-0.25, -0.2) is 9.97 Å². The SMILES string of the molecule is Cc1cc(N2CCCC2CCCl)ncn1. The molecule has 4 heteroatoms. The summed E-state index contributed by atoms with van der Waals surface area (Å²) in [5.41, 5.74) is 1.02. The normalized spacial score (nSPS) is 20.9. The van der Waals surface area contributed by atoms with Crippen LogP contribution in [0, 0.1) is 6.92 Å². The number of anilines is 1. The van der Waals surface area contributed by atoms with Crippen LogP contribution in [0.1, 0.15) is 25.0 Å². The highest BCUT2D eigenvalue weighted by atomic mass is 35.5. The molecule has 0 saturated carbocycles. The Labute approximate surface area is 95.5 Å². The van der Waals surface area contributed by atoms with E-state index in [1.807, 2.05) is 13.0 Å². The zero-order chi connectivity index (χ0) is 10.7. The van der Waals surface area contributed by atoms with E-state index in [9.17, 15) is 0 Å². The summed E-state index contributed by atoms with van der Waals surface area (Å²) in [5.74, 6) is 1.78. The molecule has 1 fully saturated rings. The molecule has 0 N–H and O–H groups in total. The molecule has 1 saturated heterocycles. The molecule has 2 heterocycles. The molecule has 1 unspecified atom stereocenters. The largest absolute Gasteiger partial charge is 0.353 e. The van der Waals surface area contributed by atoms with E-state index in [0.717, 1.165) is 30.4 Å². The third-order valence-electron chi connectivity index (χ3n) is 2.90. The minimum absolute atomic E-state index is 0.566. The van der Waals surface area contributed by atoms with Crippen molar-refractivity contribution in [2.45, 2.75) is 32.2 Å². The molecular weight excluding hydrogens is 210 g/mol. The number of rotatable bonds is 3. The van der Waals surface area contributed by atoms with Gasteiger partial charge in [0.2, 0.25) is 0 Å². The Morgan fingerprint density at radius 3 is 3.13 bits per heavy atom. The Hall–Kier alpha value is -0.830. The molecule has 0 aliphatic carbocycles. The maximum Gasteiger partial charge on any atom is 0.132 e. The van der Waals surface area contributed by atoms with Crippen LogP contribution in [0.4, 0.5) is 5.82 Å². The van der Waals surface area contributed by atoms with Gasteiger partial charge >= 0.3 is 0 Å². The Bertz CT molecular complexity index is 329. The van der Waals surface area contributed by atoms with E-state index in [4.69, 9.17) is 11.6 Å². The van der Waals surface area contributed by atoms with Crippen molar-refractivity contribution in [3.05, 3.63) is 18.1 Å². The summed E-state index contributed by atoms with van der Waals surface area (Å²) in [5, 5.41) is 0. The van der Waals surface area contributed by atoms with Gasteiger partial charge in [0.15, 0.2) is 0 Å². The summed E-state index contributed by atoms with van der Waals surface area (Å²) in [4.78, 5) is 10.8. The number of aromatic nitrogens is 2. The summed E-state index contributed by atoms with van der Waals surface area (Å²) in [6, 6.07) is 2.61. The molecular formula is C11H16ClN3. The number of halogens is 1. The van der Waals surface area contributed by atoms with E-state index in [-0.39, 0.29) is 0 Å². The highest BCUT2D eigenvalue weighted by Crippen LogP contribution is 2.25. The maximum atomic E-state index is 5.81. The number of hydrogen-bond donors (Lipinski definition) is 0. The lowest BCUT2D eigenvalue weighted by molar-refractivity contribution is 0.643. The van der Waals surface area contributed by atoms with Crippen LogP contribution >= 0.6 is 11.6 Å². The van der Waals surface area contributed by atoms with Crippen LogP contribution in [0.5, 0.6) is 0 Å². The molecule has 0 bridgehead atoms. The van der Waals surface area contributed by atoms with Gasteiger partial charge < -0.3 is 4.90 Å². The van der Waals surface area contributed by atoms with Crippen molar-refractivity contribution in [2.75, 3.05) is 17.3 Å². The fraction of sp³-hybridized carbons (Fsp3) is 0.636. The molecule has 0 spiro atoms. The predicted molar refractivity (Wildman–Crippen MR) is 62.5 cm³/mol. The fourth-order valence-corrected chi connectivity index (χ4v) is 2.41. The van der Waals surface area contributed by atoms with Crippen molar-refractivity contribution in [1.29, 1.82) is 0 Å². The molecule has 0 radical (unpaired) electrons. The number of hydrogen-bond acceptors (Lipinski definition) is 3. The van der Waals surface area contributed by atoms with E-state index in [1.54, 1.807) is 6.33 Å². The van der Waals surface area contributed by atoms with E-state index >= 15 is 0 Å². The molecule has 15 heavy (non-hydrogen) atoms. The third-order valence-corrected chi connectivity index (χ3v) is 3.12. The van der Waals surface area contributed by atoms with Crippen LogP contribution in [-0.2, 0) is 0 Å². The molecule has 1 atom stereocenters. The van der Waals surface area contributed by atoms with Crippen molar-refractivity contribution in [3.63, 3.8) is 0 Å². The van der Waals surface area contributed by atoms with Crippen LogP contribution in [0.3, 0.4) is 0 Å². The van der Waals surface area contributed by atoms with E-state index < -0.39 is 0 Å². The predicted octanol–water partition coefficient (Wildman–Crippen LogP) is 2.38. The Balaban J connectivity index is 2.15. The number of aryl methyl sites for hydroxylation is 1. The fourth-order valence-electron chi connectivity index (χ4n) is 2.16. The average Bonchev–Trinajstić information content (AvgIpc) is 2.66. The highest BCUT2D eigenvalue weighted by Gasteiger charge is 2.24. The van der Waals surface area contributed by atoms with Crippen LogP contribution < -0.4 is 4.90 Å². The van der Waals surface area contributed by atoms with Gasteiger partial charge in [-0.05, 0) is 26.2 Å². The van der Waals surface area contributed by atoms with Crippen molar-refractivity contribution >= 4 is 17.4 Å². The minimum atomic E-state index is 0.566. The van der Waals surface area contributed by atoms with Gasteiger partial charge in [-0.3, -0.25) is 0 Å². The van der Waals surface area contributed by atoms with Gasteiger partial charge in [-0.2, -0.15) is 0 Å². The standard InChI is InChI=1S/C11H16ClN3/c1-9-7-11(14-8-13-9)15-6-2-3-10(15)4-5-12/h7-8,10H,2-6H2,1H3. The summed E-state index contributed by atoms with van der Waals surface area (Å²) in [7, 11) is 0. The Morgan fingerprint density at radius 2 is 2.40 bits per heavy atom. The Morgan fingerprint density at radius 1 is 1.53 bits per heavy atom. The van der Waals surface area contributed by atoms with Crippen molar-refractivity contribution in [3.8, 4) is 0 Å². The Kier molecular flexibility index (Phi) is 3.41. The topological polar surface area (TPSA) is 29.0 Å². The number of nitrogens with zero attached hydrogens (tertiary/aromatic N) is 3. The zero-order valence-electron chi connectivity index (χ0n) is 8.99. The summed E-state index contributed by atoms with van der Waals surface area (Å²) >= 11 is 5.81. The van der Waals surface area contributed by atoms with Gasteiger partial charge in [0.1, 0.15) is 12.1 Å². The monoisotopic (exact) mass is 225 g/mol. The molecule has 1 aliphatic rings. The van der Waals surface area contributed by atoms with Gasteiger partial charge in [0.25, 0.3) is 0 Å². The van der Waals surface area contributed by atoms with E-state index in [0.29, 0.717) is 6.04 Å². The summed E-state index contributed by atoms with van der Waals surface area (Å²) < 4.78 is 0. The van der Waals surface area contributed by atoms with Crippen molar-refractivity contribution in [2.24, 2.45) is 0 Å². The molecule has 3 nitrogen and oxygen atoms in total. The minimum Gasteiger partial charge on any atom is -0.353 e. The number of alkyl halides is 1. The van der Waals surface area contributed by atoms with Gasteiger partial charge in [0.05, 0.1) is 0 Å². The third kappa shape index (κ3) is 2.40. The molecule has 1 aliphatic heterocycles. The lowest BCUT2D eigenvalue weighted by Crippen LogP contribution is -2.30. The first kappa shape index (κ1) is 10.7. The molecule has 0 aromatic carbocycles. The van der Waals surface area contributed by atoms with Crippen molar-refractivity contribution < 1.29 is 0 Å². The molecule has 82 valence electrons. The second-order valence-corrected chi connectivity index (χ2v) is 4.36. The van der Waals surface area contributed by atoms with E-state index in [2.05, 4.69) is 14.9 Å². The second-order valence-electron chi connectivity index (χ2n) is 3.98. The molecule has 1 aromatic rings. The first-order valence-electron chi connectivity index (χ1n) is 5.42. The average molecular weight is 226 g/mol. The summed E-state index contributed by atoms with van der Waals surface area (Å²) in [6.07, 6.45) is 5.16. The highest BCUT2D eigenvalue weighted by molar-refractivity contribution is 6.17. The van der Waals surface area contributed by atoms with Crippen molar-refractivity contribution in [1.82, 2.24) is 9.97 Å². The zero-order valence-corrected chi connectivity index (χ0v) is 9.74. The van der Waals surface area contributed by atoms with Crippen LogP contribution in [-0.4, -0.2) is 28.4 Å². The molecule has 0 amide bonds. The lowest BCUT2D eigenvalue weighted by atomic mass is 10.2. The van der Waals surface area contributed by atoms with Gasteiger partial charge in [-0.15, -0.1) is 11.6 Å². The maximum absolute atomic E-state index is 5.81. The van der Waals surface area contributed by atoms with E-state index in [1.165, 1.54) is 12.8 Å². The van der Waals surface area contributed by atoms with Crippen LogP contribution in [0.15, 0.2) is 12.4 Å². The first-order valence-corrected chi connectivity index (χ1v) is 5.96. The van der Waals surface area contributed by atoms with Crippen LogP contribution in [0.25, 0.3) is 0 Å². The van der Waals surface area contributed by atoms with Gasteiger partial charge in [0, 0.05) is 30.2 Å². The van der Waals surface area contributed by atoms with Gasteiger partial charge in [-0.1, -0.05) is 0 Å². The quantitative estimate of drug-likeness (QED) is 0.740. The first-order chi connectivity index (χ1) is 7.31. The summed E-state index contributed by atoms with van der Waals surface area (Å²) in [6.45, 7) is 3.09. The smallest absolute Gasteiger partial charge is 0.132 e. The molecule has 1 aromatic heterocycles. The van der Waals surface area contributed by atoms with Crippen LogP contribution in [0.2, 0.25) is 0 Å². The molecule has 2 rings (SSSR count). The lowest BCUT2D eigenvalue weighted by Gasteiger charge is -2.25.